The maximum Gasteiger partial charge on any atom is 0.267 e. The number of ketones is 1. The van der Waals surface area contributed by atoms with E-state index in [1.807, 2.05) is 42.5 Å². The minimum absolute atomic E-state index is 0.436. The number of Topliss-reactive ketones (excluding diaryl/α,β-unsaturated/α-hetero) is 1. The number of likely N-dealkylation sites (N-methyl/N-ethyl adjacent to an activating group) is 1. The molecule has 3 rings (SSSR count). The van der Waals surface area contributed by atoms with Gasteiger partial charge in [0.2, 0.25) is 0 Å². The van der Waals surface area contributed by atoms with Gasteiger partial charge in [-0.05, 0) is 29.8 Å². The molecule has 132 valence electrons. The van der Waals surface area contributed by atoms with Crippen LogP contribution in [0, 0.1) is 0 Å². The van der Waals surface area contributed by atoms with Crippen LogP contribution < -0.4 is 5.56 Å². The molecule has 0 fully saturated rings. The molecule has 1 aromatic heterocycles. The topological polar surface area (TPSA) is 72.3 Å². The van der Waals surface area contributed by atoms with Gasteiger partial charge in [0.05, 0.1) is 5.69 Å². The highest BCUT2D eigenvalue weighted by Gasteiger charge is 2.29. The zero-order valence-corrected chi connectivity index (χ0v) is 14.8. The van der Waals surface area contributed by atoms with Crippen LogP contribution >= 0.6 is 0 Å². The molecule has 0 aliphatic rings. The van der Waals surface area contributed by atoms with Crippen LogP contribution in [-0.2, 0) is 9.59 Å². The number of hydrogen-bond acceptors (Lipinski definition) is 4. The Labute approximate surface area is 150 Å². The third-order valence-electron chi connectivity index (χ3n) is 4.17. The first-order chi connectivity index (χ1) is 12.4. The molecule has 3 aromatic rings. The molecular formula is C20H19N3O3. The lowest BCUT2D eigenvalue weighted by atomic mass is 10.0. The highest BCUT2D eigenvalue weighted by molar-refractivity contribution is 6.02. The summed E-state index contributed by atoms with van der Waals surface area (Å²) in [4.78, 5) is 37.9. The van der Waals surface area contributed by atoms with Crippen molar-refractivity contribution in [1.29, 1.82) is 0 Å². The van der Waals surface area contributed by atoms with E-state index in [0.717, 1.165) is 21.0 Å². The lowest BCUT2D eigenvalue weighted by molar-refractivity contribution is -0.138. The largest absolute Gasteiger partial charge is 0.347 e. The molecule has 0 aliphatic heterocycles. The van der Waals surface area contributed by atoms with Crippen molar-refractivity contribution in [3.05, 3.63) is 65.0 Å². The third kappa shape index (κ3) is 3.26. The van der Waals surface area contributed by atoms with Gasteiger partial charge in [-0.15, -0.1) is 0 Å². The van der Waals surface area contributed by atoms with E-state index >= 15 is 0 Å². The molecule has 0 spiro atoms. The normalized spacial score (nSPS) is 12.0. The standard InChI is InChI=1S/C20H19N3O3/c1-13(24)19(20(26)22(2)3)23-18(25)11-10-17(21-23)16-9-8-14-6-4-5-7-15(14)12-16/h4-12,19H,1-3H3. The summed E-state index contributed by atoms with van der Waals surface area (Å²) in [6.07, 6.45) is 0. The van der Waals surface area contributed by atoms with Gasteiger partial charge in [0.1, 0.15) is 0 Å². The summed E-state index contributed by atoms with van der Waals surface area (Å²) in [6.45, 7) is 1.28. The monoisotopic (exact) mass is 349 g/mol. The minimum Gasteiger partial charge on any atom is -0.347 e. The molecule has 0 radical (unpaired) electrons. The Bertz CT molecular complexity index is 1050. The van der Waals surface area contributed by atoms with Crippen molar-refractivity contribution in [1.82, 2.24) is 14.7 Å². The van der Waals surface area contributed by atoms with Crippen LogP contribution in [0.4, 0.5) is 0 Å². The zero-order chi connectivity index (χ0) is 18.8. The first kappa shape index (κ1) is 17.5. The molecule has 0 N–H and O–H groups in total. The molecule has 6 heteroatoms. The summed E-state index contributed by atoms with van der Waals surface area (Å²) in [5.41, 5.74) is 0.829. The summed E-state index contributed by atoms with van der Waals surface area (Å²) in [6, 6.07) is 15.4. The van der Waals surface area contributed by atoms with Gasteiger partial charge in [0, 0.05) is 25.7 Å². The zero-order valence-electron chi connectivity index (χ0n) is 14.8. The summed E-state index contributed by atoms with van der Waals surface area (Å²) in [5.74, 6) is -0.920. The number of nitrogens with zero attached hydrogens (tertiary/aromatic N) is 3. The van der Waals surface area contributed by atoms with E-state index in [-0.39, 0.29) is 0 Å². The Kier molecular flexibility index (Phi) is 4.67. The number of benzene rings is 2. The Balaban J connectivity index is 2.13. The number of hydrogen-bond donors (Lipinski definition) is 0. The Morgan fingerprint density at radius 3 is 2.35 bits per heavy atom. The summed E-state index contributed by atoms with van der Waals surface area (Å²) < 4.78 is 0.967. The van der Waals surface area contributed by atoms with E-state index in [0.29, 0.717) is 5.69 Å². The second-order valence-electron chi connectivity index (χ2n) is 6.31. The van der Waals surface area contributed by atoms with Gasteiger partial charge < -0.3 is 4.90 Å². The molecule has 0 aliphatic carbocycles. The first-order valence-corrected chi connectivity index (χ1v) is 8.19. The molecule has 0 saturated carbocycles. The van der Waals surface area contributed by atoms with Crippen LogP contribution in [0.2, 0.25) is 0 Å². The predicted molar refractivity (Wildman–Crippen MR) is 99.9 cm³/mol. The highest BCUT2D eigenvalue weighted by atomic mass is 16.2. The summed E-state index contributed by atoms with van der Waals surface area (Å²) >= 11 is 0. The second kappa shape index (κ2) is 6.92. The number of rotatable bonds is 4. The molecular weight excluding hydrogens is 330 g/mol. The Morgan fingerprint density at radius 2 is 1.69 bits per heavy atom. The van der Waals surface area contributed by atoms with Crippen molar-refractivity contribution in [2.75, 3.05) is 14.1 Å². The molecule has 0 saturated heterocycles. The summed E-state index contributed by atoms with van der Waals surface area (Å²) in [7, 11) is 3.08. The smallest absolute Gasteiger partial charge is 0.267 e. The fraction of sp³-hybridized carbons (Fsp3) is 0.200. The molecule has 1 unspecified atom stereocenters. The van der Waals surface area contributed by atoms with Gasteiger partial charge in [-0.1, -0.05) is 36.4 Å². The van der Waals surface area contributed by atoms with E-state index in [9.17, 15) is 14.4 Å². The van der Waals surface area contributed by atoms with Gasteiger partial charge in [-0.25, -0.2) is 4.68 Å². The Morgan fingerprint density at radius 1 is 1.00 bits per heavy atom. The number of carbonyl (C=O) groups excluding carboxylic acids is 2. The van der Waals surface area contributed by atoms with E-state index in [1.54, 1.807) is 6.07 Å². The minimum atomic E-state index is -1.27. The van der Waals surface area contributed by atoms with Gasteiger partial charge >= 0.3 is 0 Å². The van der Waals surface area contributed by atoms with E-state index in [2.05, 4.69) is 5.10 Å². The van der Waals surface area contributed by atoms with Gasteiger partial charge in [0.25, 0.3) is 11.5 Å². The molecule has 26 heavy (non-hydrogen) atoms. The summed E-state index contributed by atoms with van der Waals surface area (Å²) in [5, 5.41) is 6.44. The maximum absolute atomic E-state index is 12.4. The van der Waals surface area contributed by atoms with E-state index in [4.69, 9.17) is 0 Å². The van der Waals surface area contributed by atoms with Gasteiger partial charge in [-0.3, -0.25) is 14.4 Å². The van der Waals surface area contributed by atoms with Crippen molar-refractivity contribution in [3.63, 3.8) is 0 Å². The quantitative estimate of drug-likeness (QED) is 0.678. The van der Waals surface area contributed by atoms with Crippen LogP contribution in [0.5, 0.6) is 0 Å². The van der Waals surface area contributed by atoms with Gasteiger partial charge in [-0.2, -0.15) is 5.10 Å². The molecule has 1 heterocycles. The molecule has 1 amide bonds. The van der Waals surface area contributed by atoms with Crippen LogP contribution in [0.3, 0.4) is 0 Å². The predicted octanol–water partition coefficient (Wildman–Crippen LogP) is 2.28. The van der Waals surface area contributed by atoms with E-state index < -0.39 is 23.3 Å². The lowest BCUT2D eigenvalue weighted by Gasteiger charge is -2.19. The highest BCUT2D eigenvalue weighted by Crippen LogP contribution is 2.22. The number of aromatic nitrogens is 2. The average molecular weight is 349 g/mol. The third-order valence-corrected chi connectivity index (χ3v) is 4.17. The van der Waals surface area contributed by atoms with Crippen LogP contribution in [0.25, 0.3) is 22.0 Å². The SMILES string of the molecule is CC(=O)C(C(=O)N(C)C)n1nc(-c2ccc3ccccc3c2)ccc1=O. The fourth-order valence-corrected chi connectivity index (χ4v) is 2.81. The molecule has 1 atom stereocenters. The van der Waals surface area contributed by atoms with Crippen LogP contribution in [-0.4, -0.2) is 40.5 Å². The van der Waals surface area contributed by atoms with Crippen LogP contribution in [0.1, 0.15) is 13.0 Å². The number of fused-ring (bicyclic) bond motifs is 1. The number of carbonyl (C=O) groups is 2. The number of amides is 1. The van der Waals surface area contributed by atoms with Crippen molar-refractivity contribution in [3.8, 4) is 11.3 Å². The fourth-order valence-electron chi connectivity index (χ4n) is 2.81. The Hall–Kier alpha value is -3.28. The molecule has 6 nitrogen and oxygen atoms in total. The van der Waals surface area contributed by atoms with Crippen molar-refractivity contribution in [2.45, 2.75) is 13.0 Å². The van der Waals surface area contributed by atoms with Crippen molar-refractivity contribution in [2.24, 2.45) is 0 Å². The second-order valence-corrected chi connectivity index (χ2v) is 6.31. The van der Waals surface area contributed by atoms with Crippen molar-refractivity contribution >= 4 is 22.5 Å². The van der Waals surface area contributed by atoms with Crippen LogP contribution in [0.15, 0.2) is 59.4 Å². The lowest BCUT2D eigenvalue weighted by Crippen LogP contribution is -2.41. The van der Waals surface area contributed by atoms with E-state index in [1.165, 1.54) is 32.0 Å². The molecule has 2 aromatic carbocycles. The van der Waals surface area contributed by atoms with Crippen molar-refractivity contribution < 1.29 is 9.59 Å². The van der Waals surface area contributed by atoms with Gasteiger partial charge in [0.15, 0.2) is 11.8 Å². The average Bonchev–Trinajstić information content (AvgIpc) is 2.62. The maximum atomic E-state index is 12.4. The molecule has 0 bridgehead atoms. The first-order valence-electron chi connectivity index (χ1n) is 8.19.